The molecule has 8 heteroatoms. The van der Waals surface area contributed by atoms with E-state index in [0.717, 1.165) is 17.7 Å². The number of amides is 1. The summed E-state index contributed by atoms with van der Waals surface area (Å²) in [5.41, 5.74) is 7.88. The Morgan fingerprint density at radius 2 is 1.89 bits per heavy atom. The third-order valence-corrected chi connectivity index (χ3v) is 6.78. The molecule has 0 aliphatic carbocycles. The molecule has 1 aliphatic heterocycles. The summed E-state index contributed by atoms with van der Waals surface area (Å²) in [7, 11) is -3.09. The number of hydrogen-bond acceptors (Lipinski definition) is 3. The van der Waals surface area contributed by atoms with Crippen molar-refractivity contribution in [2.45, 2.75) is 12.3 Å². The van der Waals surface area contributed by atoms with Gasteiger partial charge in [0.1, 0.15) is 0 Å². The van der Waals surface area contributed by atoms with Crippen LogP contribution in [0.5, 0.6) is 0 Å². The predicted octanol–water partition coefficient (Wildman–Crippen LogP) is 3.11. The number of rotatable bonds is 3. The van der Waals surface area contributed by atoms with Crippen molar-refractivity contribution < 1.29 is 22.0 Å². The quantitative estimate of drug-likeness (QED) is 0.720. The summed E-state index contributed by atoms with van der Waals surface area (Å²) in [6, 6.07) is 6.74. The van der Waals surface area contributed by atoms with Crippen LogP contribution in [0.2, 0.25) is 0 Å². The number of hydrogen-bond donors (Lipinski definition) is 2. The van der Waals surface area contributed by atoms with E-state index < -0.39 is 27.4 Å². The van der Waals surface area contributed by atoms with Gasteiger partial charge in [-0.2, -0.15) is 0 Å². The number of aromatic nitrogens is 1. The molecule has 2 heterocycles. The Balaban J connectivity index is 1.92. The Morgan fingerprint density at radius 1 is 1.11 bits per heavy atom. The number of fused-ring (bicyclic) bond motifs is 1. The number of H-pyrrole nitrogens is 1. The van der Waals surface area contributed by atoms with Gasteiger partial charge in [0.25, 0.3) is 5.91 Å². The summed E-state index contributed by atoms with van der Waals surface area (Å²) in [6.45, 7) is 0. The molecule has 1 saturated heterocycles. The smallest absolute Gasteiger partial charge is 0.250 e. The highest BCUT2D eigenvalue weighted by atomic mass is 32.2. The average Bonchev–Trinajstić information content (AvgIpc) is 3.19. The van der Waals surface area contributed by atoms with Gasteiger partial charge in [-0.25, -0.2) is 17.2 Å². The molecule has 0 bridgehead atoms. The van der Waals surface area contributed by atoms with E-state index >= 15 is 0 Å². The second kappa shape index (κ2) is 6.16. The van der Waals surface area contributed by atoms with Crippen LogP contribution in [-0.4, -0.2) is 30.8 Å². The lowest BCUT2D eigenvalue weighted by Gasteiger charge is -2.10. The minimum Gasteiger partial charge on any atom is -0.366 e. The van der Waals surface area contributed by atoms with E-state index in [4.69, 9.17) is 5.73 Å². The van der Waals surface area contributed by atoms with E-state index in [9.17, 15) is 22.0 Å². The Hall–Kier alpha value is -2.74. The molecule has 5 nitrogen and oxygen atoms in total. The van der Waals surface area contributed by atoms with E-state index in [1.54, 1.807) is 12.3 Å². The van der Waals surface area contributed by atoms with Crippen LogP contribution >= 0.6 is 0 Å². The lowest BCUT2D eigenvalue weighted by molar-refractivity contribution is 0.100. The number of primary amides is 1. The topological polar surface area (TPSA) is 93.0 Å². The Morgan fingerprint density at radius 3 is 2.52 bits per heavy atom. The van der Waals surface area contributed by atoms with Gasteiger partial charge in [-0.1, -0.05) is 6.07 Å². The summed E-state index contributed by atoms with van der Waals surface area (Å²) < 4.78 is 50.6. The van der Waals surface area contributed by atoms with Crippen LogP contribution in [-0.2, 0) is 9.84 Å². The van der Waals surface area contributed by atoms with Crippen molar-refractivity contribution >= 4 is 26.6 Å². The third-order valence-electron chi connectivity index (χ3n) is 5.01. The van der Waals surface area contributed by atoms with Gasteiger partial charge in [0.15, 0.2) is 21.5 Å². The first-order chi connectivity index (χ1) is 12.7. The van der Waals surface area contributed by atoms with Crippen molar-refractivity contribution in [3.05, 3.63) is 59.3 Å². The van der Waals surface area contributed by atoms with Crippen LogP contribution in [0.3, 0.4) is 0 Å². The molecule has 27 heavy (non-hydrogen) atoms. The standard InChI is InChI=1S/C19H16F2N2O3S/c20-16-2-1-10(7-17(16)21)12-5-13-15(11-3-4-27(25,26)9-11)8-23-18(13)14(6-12)19(22)24/h1-2,5-8,11,23H,3-4,9H2,(H2,22,24). The molecule has 1 aliphatic rings. The molecule has 1 aromatic heterocycles. The number of benzene rings is 2. The van der Waals surface area contributed by atoms with Gasteiger partial charge in [-0.05, 0) is 47.4 Å². The van der Waals surface area contributed by atoms with Gasteiger partial charge in [0, 0.05) is 17.5 Å². The molecule has 140 valence electrons. The van der Waals surface area contributed by atoms with Gasteiger partial charge in [0.2, 0.25) is 0 Å². The lowest BCUT2D eigenvalue weighted by Crippen LogP contribution is -2.12. The monoisotopic (exact) mass is 390 g/mol. The first-order valence-corrected chi connectivity index (χ1v) is 10.2. The highest BCUT2D eigenvalue weighted by molar-refractivity contribution is 7.91. The molecule has 1 amide bonds. The van der Waals surface area contributed by atoms with Crippen molar-refractivity contribution in [1.29, 1.82) is 0 Å². The van der Waals surface area contributed by atoms with E-state index in [1.807, 2.05) is 0 Å². The molecule has 3 N–H and O–H groups in total. The van der Waals surface area contributed by atoms with Crippen LogP contribution in [0.1, 0.15) is 28.3 Å². The summed E-state index contributed by atoms with van der Waals surface area (Å²) in [6.07, 6.45) is 2.19. The minimum absolute atomic E-state index is 0.0429. The van der Waals surface area contributed by atoms with Crippen LogP contribution in [0.4, 0.5) is 8.78 Å². The Bertz CT molecular complexity index is 1190. The Kier molecular flexibility index (Phi) is 4.03. The van der Waals surface area contributed by atoms with Gasteiger partial charge >= 0.3 is 0 Å². The fourth-order valence-corrected chi connectivity index (χ4v) is 5.44. The molecular weight excluding hydrogens is 374 g/mol. The number of aromatic amines is 1. The molecule has 1 unspecified atom stereocenters. The van der Waals surface area contributed by atoms with Crippen LogP contribution < -0.4 is 5.73 Å². The normalized spacial score (nSPS) is 18.8. The van der Waals surface area contributed by atoms with E-state index in [1.165, 1.54) is 12.1 Å². The highest BCUT2D eigenvalue weighted by Gasteiger charge is 2.31. The largest absolute Gasteiger partial charge is 0.366 e. The Labute approximate surface area is 154 Å². The predicted molar refractivity (Wildman–Crippen MR) is 98.2 cm³/mol. The second-order valence-electron chi connectivity index (χ2n) is 6.78. The zero-order valence-corrected chi connectivity index (χ0v) is 14.9. The molecular formula is C19H16F2N2O3S. The minimum atomic E-state index is -3.09. The molecule has 1 atom stereocenters. The maximum absolute atomic E-state index is 13.6. The number of sulfone groups is 1. The number of carbonyl (C=O) groups excluding carboxylic acids is 1. The molecule has 0 spiro atoms. The average molecular weight is 390 g/mol. The van der Waals surface area contributed by atoms with Crippen LogP contribution in [0.25, 0.3) is 22.0 Å². The second-order valence-corrected chi connectivity index (χ2v) is 9.01. The fraction of sp³-hybridized carbons (Fsp3) is 0.211. The van der Waals surface area contributed by atoms with Gasteiger partial charge in [-0.15, -0.1) is 0 Å². The van der Waals surface area contributed by atoms with E-state index in [-0.39, 0.29) is 23.0 Å². The van der Waals surface area contributed by atoms with Crippen molar-refractivity contribution in [2.75, 3.05) is 11.5 Å². The molecule has 2 aromatic carbocycles. The van der Waals surface area contributed by atoms with E-state index in [0.29, 0.717) is 28.5 Å². The lowest BCUT2D eigenvalue weighted by atomic mass is 9.94. The SMILES string of the molecule is NC(=O)c1cc(-c2ccc(F)c(F)c2)cc2c(C3CCS(=O)(=O)C3)c[nH]c12. The summed E-state index contributed by atoms with van der Waals surface area (Å²) in [5, 5.41) is 0.660. The zero-order valence-electron chi connectivity index (χ0n) is 14.1. The molecule has 4 rings (SSSR count). The summed E-state index contributed by atoms with van der Waals surface area (Å²) in [5.74, 6) is -2.66. The molecule has 1 fully saturated rings. The van der Waals surface area contributed by atoms with Gasteiger partial charge in [-0.3, -0.25) is 4.79 Å². The van der Waals surface area contributed by atoms with Crippen LogP contribution in [0, 0.1) is 11.6 Å². The molecule has 3 aromatic rings. The fourth-order valence-electron chi connectivity index (χ4n) is 3.67. The molecule has 0 saturated carbocycles. The van der Waals surface area contributed by atoms with E-state index in [2.05, 4.69) is 4.98 Å². The van der Waals surface area contributed by atoms with Crippen molar-refractivity contribution in [3.8, 4) is 11.1 Å². The van der Waals surface area contributed by atoms with Crippen molar-refractivity contribution in [3.63, 3.8) is 0 Å². The number of carbonyl (C=O) groups is 1. The first-order valence-electron chi connectivity index (χ1n) is 8.36. The maximum Gasteiger partial charge on any atom is 0.250 e. The third kappa shape index (κ3) is 3.10. The zero-order chi connectivity index (χ0) is 19.3. The number of nitrogens with one attached hydrogen (secondary N) is 1. The van der Waals surface area contributed by atoms with Gasteiger partial charge < -0.3 is 10.7 Å². The van der Waals surface area contributed by atoms with Gasteiger partial charge in [0.05, 0.1) is 22.6 Å². The highest BCUT2D eigenvalue weighted by Crippen LogP contribution is 2.37. The van der Waals surface area contributed by atoms with Crippen molar-refractivity contribution in [1.82, 2.24) is 4.98 Å². The molecule has 0 radical (unpaired) electrons. The summed E-state index contributed by atoms with van der Waals surface area (Å²) in [4.78, 5) is 14.9. The maximum atomic E-state index is 13.6. The summed E-state index contributed by atoms with van der Waals surface area (Å²) >= 11 is 0. The van der Waals surface area contributed by atoms with Crippen LogP contribution in [0.15, 0.2) is 36.5 Å². The first kappa shape index (κ1) is 17.7. The van der Waals surface area contributed by atoms with Crippen molar-refractivity contribution in [2.24, 2.45) is 5.73 Å². The number of halogens is 2. The number of nitrogens with two attached hydrogens (primary N) is 1.